The molecule has 0 atom stereocenters. The fraction of sp³-hybridized carbons (Fsp3) is 0.167. The summed E-state index contributed by atoms with van der Waals surface area (Å²) in [4.78, 5) is 4.36. The Bertz CT molecular complexity index is 736. The Hall–Kier alpha value is -2.50. The molecule has 0 saturated carbocycles. The standard InChI is InChI=1S/C12H11N3O3/c1-16-9-4-6-3-7-11(13)18-15-12(7)14-8(6)5-10(9)17-2/h3-5H,13H2,1-2H3. The number of rotatable bonds is 2. The second-order valence-electron chi connectivity index (χ2n) is 3.81. The minimum Gasteiger partial charge on any atom is -0.493 e. The molecule has 3 aromatic rings. The number of aromatic nitrogens is 2. The van der Waals surface area contributed by atoms with Gasteiger partial charge in [0.05, 0.1) is 25.1 Å². The van der Waals surface area contributed by atoms with Crippen molar-refractivity contribution in [3.63, 3.8) is 0 Å². The smallest absolute Gasteiger partial charge is 0.231 e. The first-order valence-electron chi connectivity index (χ1n) is 5.30. The van der Waals surface area contributed by atoms with E-state index in [-0.39, 0.29) is 5.88 Å². The van der Waals surface area contributed by atoms with Crippen LogP contribution in [0.15, 0.2) is 22.7 Å². The predicted molar refractivity (Wildman–Crippen MR) is 66.8 cm³/mol. The lowest BCUT2D eigenvalue weighted by atomic mass is 10.1. The number of nitrogens with zero attached hydrogens (tertiary/aromatic N) is 2. The lowest BCUT2D eigenvalue weighted by molar-refractivity contribution is 0.356. The Labute approximate surface area is 102 Å². The van der Waals surface area contributed by atoms with E-state index in [4.69, 9.17) is 19.7 Å². The van der Waals surface area contributed by atoms with Crippen molar-refractivity contribution in [3.05, 3.63) is 18.2 Å². The van der Waals surface area contributed by atoms with Crippen LogP contribution in [0.1, 0.15) is 0 Å². The molecule has 2 aromatic heterocycles. The fourth-order valence-corrected chi connectivity index (χ4v) is 1.88. The third kappa shape index (κ3) is 1.42. The first-order chi connectivity index (χ1) is 8.72. The summed E-state index contributed by atoms with van der Waals surface area (Å²) in [6.45, 7) is 0. The number of hydrogen-bond donors (Lipinski definition) is 1. The fourth-order valence-electron chi connectivity index (χ4n) is 1.88. The van der Waals surface area contributed by atoms with E-state index in [2.05, 4.69) is 10.1 Å². The molecule has 0 saturated heterocycles. The third-order valence-electron chi connectivity index (χ3n) is 2.80. The quantitative estimate of drug-likeness (QED) is 0.743. The van der Waals surface area contributed by atoms with Gasteiger partial charge in [-0.05, 0) is 12.1 Å². The third-order valence-corrected chi connectivity index (χ3v) is 2.80. The van der Waals surface area contributed by atoms with Crippen LogP contribution in [-0.4, -0.2) is 24.4 Å². The van der Waals surface area contributed by atoms with E-state index < -0.39 is 0 Å². The van der Waals surface area contributed by atoms with Crippen LogP contribution < -0.4 is 15.2 Å². The Kier molecular flexibility index (Phi) is 2.22. The molecule has 0 aliphatic rings. The Balaban J connectivity index is 2.37. The maximum atomic E-state index is 5.67. The molecule has 0 fully saturated rings. The lowest BCUT2D eigenvalue weighted by Crippen LogP contribution is -1.92. The van der Waals surface area contributed by atoms with Crippen LogP contribution >= 0.6 is 0 Å². The molecular formula is C12H11N3O3. The number of hydrogen-bond acceptors (Lipinski definition) is 6. The van der Waals surface area contributed by atoms with E-state index in [1.165, 1.54) is 0 Å². The SMILES string of the molecule is COc1cc2cc3c(N)onc3nc2cc1OC. The number of nitrogen functional groups attached to an aromatic ring is 1. The molecule has 0 spiro atoms. The van der Waals surface area contributed by atoms with E-state index in [1.54, 1.807) is 20.3 Å². The molecule has 0 amide bonds. The molecule has 0 bridgehead atoms. The van der Waals surface area contributed by atoms with Gasteiger partial charge in [-0.1, -0.05) is 5.16 Å². The summed E-state index contributed by atoms with van der Waals surface area (Å²) in [5.74, 6) is 1.52. The van der Waals surface area contributed by atoms with Gasteiger partial charge in [0.1, 0.15) is 0 Å². The first-order valence-corrected chi connectivity index (χ1v) is 5.30. The second kappa shape index (κ2) is 3.76. The normalized spacial score (nSPS) is 11.0. The Morgan fingerprint density at radius 2 is 1.83 bits per heavy atom. The summed E-state index contributed by atoms with van der Waals surface area (Å²) >= 11 is 0. The van der Waals surface area contributed by atoms with E-state index in [1.807, 2.05) is 12.1 Å². The van der Waals surface area contributed by atoms with Crippen LogP contribution in [0, 0.1) is 0 Å². The van der Waals surface area contributed by atoms with Gasteiger partial charge in [-0.15, -0.1) is 0 Å². The highest BCUT2D eigenvalue weighted by molar-refractivity contribution is 5.96. The molecule has 3 rings (SSSR count). The van der Waals surface area contributed by atoms with Crippen LogP contribution in [-0.2, 0) is 0 Å². The van der Waals surface area contributed by atoms with Crippen LogP contribution in [0.3, 0.4) is 0 Å². The first kappa shape index (κ1) is 10.6. The summed E-state index contributed by atoms with van der Waals surface area (Å²) in [6.07, 6.45) is 0. The van der Waals surface area contributed by atoms with Crippen molar-refractivity contribution in [2.75, 3.05) is 20.0 Å². The van der Waals surface area contributed by atoms with Gasteiger partial charge in [0.2, 0.25) is 11.5 Å². The molecular weight excluding hydrogens is 234 g/mol. The number of benzene rings is 1. The zero-order chi connectivity index (χ0) is 12.7. The molecule has 6 nitrogen and oxygen atoms in total. The van der Waals surface area contributed by atoms with Crippen molar-refractivity contribution in [1.29, 1.82) is 0 Å². The topological polar surface area (TPSA) is 83.4 Å². The van der Waals surface area contributed by atoms with Gasteiger partial charge in [0, 0.05) is 11.5 Å². The van der Waals surface area contributed by atoms with Crippen LogP contribution in [0.4, 0.5) is 5.88 Å². The average Bonchev–Trinajstić information content (AvgIpc) is 2.75. The largest absolute Gasteiger partial charge is 0.493 e. The average molecular weight is 245 g/mol. The number of anilines is 1. The van der Waals surface area contributed by atoms with Crippen LogP contribution in [0.2, 0.25) is 0 Å². The summed E-state index contributed by atoms with van der Waals surface area (Å²) in [6, 6.07) is 5.50. The van der Waals surface area contributed by atoms with Gasteiger partial charge in [-0.3, -0.25) is 0 Å². The van der Waals surface area contributed by atoms with Crippen molar-refractivity contribution in [3.8, 4) is 11.5 Å². The molecule has 2 heterocycles. The van der Waals surface area contributed by atoms with Crippen molar-refractivity contribution in [2.45, 2.75) is 0 Å². The maximum absolute atomic E-state index is 5.67. The van der Waals surface area contributed by atoms with E-state index in [0.717, 1.165) is 10.9 Å². The minimum atomic E-state index is 0.259. The van der Waals surface area contributed by atoms with Gasteiger partial charge in [-0.25, -0.2) is 4.98 Å². The van der Waals surface area contributed by atoms with Crippen molar-refractivity contribution in [2.24, 2.45) is 0 Å². The van der Waals surface area contributed by atoms with Crippen molar-refractivity contribution < 1.29 is 14.0 Å². The second-order valence-corrected chi connectivity index (χ2v) is 3.81. The number of fused-ring (bicyclic) bond motifs is 2. The van der Waals surface area contributed by atoms with Crippen LogP contribution in [0.5, 0.6) is 11.5 Å². The van der Waals surface area contributed by atoms with Gasteiger partial charge in [-0.2, -0.15) is 0 Å². The highest BCUT2D eigenvalue weighted by Crippen LogP contribution is 2.33. The summed E-state index contributed by atoms with van der Waals surface area (Å²) in [7, 11) is 3.17. The monoisotopic (exact) mass is 245 g/mol. The molecule has 92 valence electrons. The number of ether oxygens (including phenoxy) is 2. The zero-order valence-corrected chi connectivity index (χ0v) is 9.93. The predicted octanol–water partition coefficient (Wildman–Crippen LogP) is 1.98. The molecule has 0 radical (unpaired) electrons. The van der Waals surface area contributed by atoms with Crippen LogP contribution in [0.25, 0.3) is 21.9 Å². The van der Waals surface area contributed by atoms with E-state index >= 15 is 0 Å². The van der Waals surface area contributed by atoms with Crippen molar-refractivity contribution >= 4 is 27.8 Å². The van der Waals surface area contributed by atoms with Gasteiger partial charge < -0.3 is 19.7 Å². The van der Waals surface area contributed by atoms with Crippen molar-refractivity contribution in [1.82, 2.24) is 10.1 Å². The molecule has 18 heavy (non-hydrogen) atoms. The van der Waals surface area contributed by atoms with E-state index in [9.17, 15) is 0 Å². The highest BCUT2D eigenvalue weighted by Gasteiger charge is 2.11. The zero-order valence-electron chi connectivity index (χ0n) is 9.93. The lowest BCUT2D eigenvalue weighted by Gasteiger charge is -2.08. The maximum Gasteiger partial charge on any atom is 0.231 e. The summed E-state index contributed by atoms with van der Waals surface area (Å²) in [5, 5.41) is 5.36. The minimum absolute atomic E-state index is 0.259. The molecule has 0 aliphatic heterocycles. The van der Waals surface area contributed by atoms with Gasteiger partial charge >= 0.3 is 0 Å². The highest BCUT2D eigenvalue weighted by atomic mass is 16.5. The molecule has 2 N–H and O–H groups in total. The Morgan fingerprint density at radius 1 is 1.11 bits per heavy atom. The molecule has 0 unspecified atom stereocenters. The summed E-state index contributed by atoms with van der Waals surface area (Å²) < 4.78 is 15.4. The Morgan fingerprint density at radius 3 is 2.56 bits per heavy atom. The number of pyridine rings is 1. The number of nitrogens with two attached hydrogens (primary N) is 1. The molecule has 1 aromatic carbocycles. The van der Waals surface area contributed by atoms with E-state index in [0.29, 0.717) is 22.5 Å². The number of methoxy groups -OCH3 is 2. The molecule has 6 heteroatoms. The van der Waals surface area contributed by atoms with Gasteiger partial charge in [0.15, 0.2) is 11.5 Å². The molecule has 0 aliphatic carbocycles. The van der Waals surface area contributed by atoms with Gasteiger partial charge in [0.25, 0.3) is 0 Å². The summed E-state index contributed by atoms with van der Waals surface area (Å²) in [5.41, 5.74) is 6.89.